The lowest BCUT2D eigenvalue weighted by molar-refractivity contribution is 0.259. The van der Waals surface area contributed by atoms with Gasteiger partial charge in [0, 0.05) is 28.9 Å². The van der Waals surface area contributed by atoms with Gasteiger partial charge >= 0.3 is 6.03 Å². The first-order chi connectivity index (χ1) is 12.5. The van der Waals surface area contributed by atoms with Crippen LogP contribution >= 0.6 is 0 Å². The Hall–Kier alpha value is -2.51. The van der Waals surface area contributed by atoms with E-state index >= 15 is 4.39 Å². The van der Waals surface area contributed by atoms with Crippen molar-refractivity contribution in [3.63, 3.8) is 0 Å². The fraction of sp³-hybridized carbons (Fsp3) is 0.368. The zero-order chi connectivity index (χ0) is 18.5. The molecular weight excluding hydrogens is 333 g/mol. The van der Waals surface area contributed by atoms with Crippen molar-refractivity contribution in [2.45, 2.75) is 19.9 Å². The molecule has 1 aromatic heterocycles. The molecule has 1 saturated heterocycles. The molecule has 26 heavy (non-hydrogen) atoms. The molecule has 1 atom stereocenters. The fourth-order valence-electron chi connectivity index (χ4n) is 3.24. The SMILES string of the molecule is Cc1ncc(NC(N)=O)cc1-c1cccc(CNC[C@@H]2CCNC2)c1F. The number of rotatable bonds is 6. The predicted octanol–water partition coefficient (Wildman–Crippen LogP) is 2.39. The lowest BCUT2D eigenvalue weighted by atomic mass is 10.0. The number of halogens is 1. The number of amides is 2. The lowest BCUT2D eigenvalue weighted by Gasteiger charge is -2.14. The van der Waals surface area contributed by atoms with E-state index in [0.717, 1.165) is 26.1 Å². The molecule has 0 bridgehead atoms. The summed E-state index contributed by atoms with van der Waals surface area (Å²) < 4.78 is 15.0. The van der Waals surface area contributed by atoms with E-state index in [0.29, 0.717) is 40.5 Å². The molecule has 1 aromatic carbocycles. The van der Waals surface area contributed by atoms with E-state index in [1.165, 1.54) is 6.20 Å². The van der Waals surface area contributed by atoms with Crippen molar-refractivity contribution in [1.82, 2.24) is 15.6 Å². The topological polar surface area (TPSA) is 92.1 Å². The summed E-state index contributed by atoms with van der Waals surface area (Å²) in [4.78, 5) is 15.3. The molecule has 0 radical (unpaired) electrons. The number of nitrogens with one attached hydrogen (secondary N) is 3. The summed E-state index contributed by atoms with van der Waals surface area (Å²) in [6.07, 6.45) is 2.66. The minimum atomic E-state index is -0.679. The molecule has 2 aromatic rings. The molecule has 1 aliphatic rings. The van der Waals surface area contributed by atoms with Gasteiger partial charge in [-0.2, -0.15) is 0 Å². The van der Waals surface area contributed by atoms with Crippen LogP contribution < -0.4 is 21.7 Å². The first-order valence-electron chi connectivity index (χ1n) is 8.77. The maximum absolute atomic E-state index is 15.0. The number of carbonyl (C=O) groups excluding carboxylic acids is 1. The number of aryl methyl sites for hydroxylation is 1. The average molecular weight is 357 g/mol. The molecule has 1 aliphatic heterocycles. The molecule has 0 unspecified atom stereocenters. The van der Waals surface area contributed by atoms with E-state index in [2.05, 4.69) is 20.9 Å². The summed E-state index contributed by atoms with van der Waals surface area (Å²) in [5.74, 6) is 0.329. The Balaban J connectivity index is 1.78. The smallest absolute Gasteiger partial charge is 0.316 e. The second kappa shape index (κ2) is 8.25. The third-order valence-electron chi connectivity index (χ3n) is 4.63. The Morgan fingerprint density at radius 3 is 3.00 bits per heavy atom. The monoisotopic (exact) mass is 357 g/mol. The Labute approximate surface area is 152 Å². The quantitative estimate of drug-likeness (QED) is 0.639. The van der Waals surface area contributed by atoms with Gasteiger partial charge in [-0.3, -0.25) is 4.98 Å². The number of benzene rings is 1. The summed E-state index contributed by atoms with van der Waals surface area (Å²) in [7, 11) is 0. The van der Waals surface area contributed by atoms with Crippen LogP contribution in [0.3, 0.4) is 0 Å². The zero-order valence-electron chi connectivity index (χ0n) is 14.8. The number of hydrogen-bond donors (Lipinski definition) is 4. The summed E-state index contributed by atoms with van der Waals surface area (Å²) in [5.41, 5.74) is 7.98. The van der Waals surface area contributed by atoms with Crippen LogP contribution in [0, 0.1) is 18.7 Å². The van der Waals surface area contributed by atoms with Gasteiger partial charge in [-0.05, 0) is 45.0 Å². The fourth-order valence-corrected chi connectivity index (χ4v) is 3.24. The Morgan fingerprint density at radius 2 is 2.27 bits per heavy atom. The van der Waals surface area contributed by atoms with Crippen LogP contribution in [-0.4, -0.2) is 30.6 Å². The highest BCUT2D eigenvalue weighted by atomic mass is 19.1. The number of nitrogens with two attached hydrogens (primary N) is 1. The summed E-state index contributed by atoms with van der Waals surface area (Å²) in [6, 6.07) is 6.35. The third kappa shape index (κ3) is 4.36. The molecule has 6 nitrogen and oxygen atoms in total. The minimum absolute atomic E-state index is 0.273. The van der Waals surface area contributed by atoms with E-state index in [1.54, 1.807) is 25.1 Å². The Bertz CT molecular complexity index is 789. The number of aromatic nitrogens is 1. The predicted molar refractivity (Wildman–Crippen MR) is 100 cm³/mol. The highest BCUT2D eigenvalue weighted by Crippen LogP contribution is 2.29. The van der Waals surface area contributed by atoms with Gasteiger partial charge in [0.05, 0.1) is 11.9 Å². The maximum atomic E-state index is 15.0. The van der Waals surface area contributed by atoms with Gasteiger partial charge in [0.25, 0.3) is 0 Å². The second-order valence-electron chi connectivity index (χ2n) is 6.61. The van der Waals surface area contributed by atoms with Crippen LogP contribution in [0.4, 0.5) is 14.9 Å². The molecule has 0 aliphatic carbocycles. The van der Waals surface area contributed by atoms with Gasteiger partial charge in [0.2, 0.25) is 0 Å². The van der Waals surface area contributed by atoms with Crippen molar-refractivity contribution < 1.29 is 9.18 Å². The minimum Gasteiger partial charge on any atom is -0.351 e. The summed E-state index contributed by atoms with van der Waals surface area (Å²) in [6.45, 7) is 5.22. The van der Waals surface area contributed by atoms with E-state index < -0.39 is 6.03 Å². The molecule has 0 spiro atoms. The Morgan fingerprint density at radius 1 is 1.42 bits per heavy atom. The first-order valence-corrected chi connectivity index (χ1v) is 8.77. The van der Waals surface area contributed by atoms with Crippen molar-refractivity contribution in [3.8, 4) is 11.1 Å². The largest absolute Gasteiger partial charge is 0.351 e. The van der Waals surface area contributed by atoms with E-state index in [-0.39, 0.29) is 5.82 Å². The number of carbonyl (C=O) groups is 1. The number of pyridine rings is 1. The van der Waals surface area contributed by atoms with Crippen molar-refractivity contribution in [2.24, 2.45) is 11.7 Å². The van der Waals surface area contributed by atoms with Crippen molar-refractivity contribution >= 4 is 11.7 Å². The van der Waals surface area contributed by atoms with E-state index in [4.69, 9.17) is 5.73 Å². The van der Waals surface area contributed by atoms with Gasteiger partial charge in [0.1, 0.15) is 5.82 Å². The van der Waals surface area contributed by atoms with Gasteiger partial charge < -0.3 is 21.7 Å². The summed E-state index contributed by atoms with van der Waals surface area (Å²) in [5, 5.41) is 9.15. The molecular formula is C19H24FN5O. The Kier molecular flexibility index (Phi) is 5.80. The molecule has 5 N–H and O–H groups in total. The average Bonchev–Trinajstić information content (AvgIpc) is 3.11. The van der Waals surface area contributed by atoms with Crippen molar-refractivity contribution in [3.05, 3.63) is 47.5 Å². The van der Waals surface area contributed by atoms with Gasteiger partial charge in [-0.25, -0.2) is 9.18 Å². The van der Waals surface area contributed by atoms with Gasteiger partial charge in [-0.15, -0.1) is 0 Å². The zero-order valence-corrected chi connectivity index (χ0v) is 14.8. The standard InChI is InChI=1S/C19H24FN5O/c1-12-17(7-15(11-24-12)25-19(21)26)16-4-2-3-14(18(16)20)10-23-9-13-5-6-22-8-13/h2-4,7,11,13,22-23H,5-6,8-10H2,1H3,(H3,21,25,26)/t13-/m1/s1. The normalized spacial score (nSPS) is 16.6. The van der Waals surface area contributed by atoms with Crippen LogP contribution in [-0.2, 0) is 6.54 Å². The van der Waals surface area contributed by atoms with Crippen LogP contribution in [0.2, 0.25) is 0 Å². The molecule has 7 heteroatoms. The number of urea groups is 1. The van der Waals surface area contributed by atoms with Crippen molar-refractivity contribution in [2.75, 3.05) is 25.0 Å². The second-order valence-corrected chi connectivity index (χ2v) is 6.61. The van der Waals surface area contributed by atoms with E-state index in [1.807, 2.05) is 6.07 Å². The molecule has 0 saturated carbocycles. The van der Waals surface area contributed by atoms with Crippen LogP contribution in [0.15, 0.2) is 30.5 Å². The van der Waals surface area contributed by atoms with Gasteiger partial charge in [0.15, 0.2) is 0 Å². The number of anilines is 1. The molecule has 138 valence electrons. The van der Waals surface area contributed by atoms with Crippen molar-refractivity contribution in [1.29, 1.82) is 0 Å². The maximum Gasteiger partial charge on any atom is 0.316 e. The van der Waals surface area contributed by atoms with Gasteiger partial charge in [-0.1, -0.05) is 18.2 Å². The first kappa shape index (κ1) is 18.3. The highest BCUT2D eigenvalue weighted by molar-refractivity contribution is 5.88. The van der Waals surface area contributed by atoms with Crippen LogP contribution in [0.1, 0.15) is 17.7 Å². The third-order valence-corrected chi connectivity index (χ3v) is 4.63. The molecule has 1 fully saturated rings. The highest BCUT2D eigenvalue weighted by Gasteiger charge is 2.16. The summed E-state index contributed by atoms with van der Waals surface area (Å²) >= 11 is 0. The number of primary amides is 1. The van der Waals surface area contributed by atoms with Crippen LogP contribution in [0.5, 0.6) is 0 Å². The number of nitrogens with zero attached hydrogens (tertiary/aromatic N) is 1. The number of hydrogen-bond acceptors (Lipinski definition) is 4. The molecule has 2 amide bonds. The molecule has 3 rings (SSSR count). The van der Waals surface area contributed by atoms with E-state index in [9.17, 15) is 4.79 Å². The molecule has 2 heterocycles. The lowest BCUT2D eigenvalue weighted by Crippen LogP contribution is -2.24. The van der Waals surface area contributed by atoms with Crippen LogP contribution in [0.25, 0.3) is 11.1 Å².